The quantitative estimate of drug-likeness (QED) is 0.728. The summed E-state index contributed by atoms with van der Waals surface area (Å²) in [5.74, 6) is -0.225. The lowest BCUT2D eigenvalue weighted by Crippen LogP contribution is -2.38. The van der Waals surface area contributed by atoms with Crippen LogP contribution in [0.25, 0.3) is 0 Å². The molecule has 0 aliphatic heterocycles. The van der Waals surface area contributed by atoms with Crippen LogP contribution in [0.2, 0.25) is 5.02 Å². The van der Waals surface area contributed by atoms with E-state index >= 15 is 0 Å². The molecule has 0 unspecified atom stereocenters. The first-order valence-corrected chi connectivity index (χ1v) is 8.07. The molecule has 3 heteroatoms. The fraction of sp³-hybridized carbons (Fsp3) is 0.667. The Balaban J connectivity index is 2.55. The van der Waals surface area contributed by atoms with E-state index < -0.39 is 0 Å². The lowest BCUT2D eigenvalue weighted by atomic mass is 9.83. The first-order valence-electron chi connectivity index (χ1n) is 7.70. The van der Waals surface area contributed by atoms with Crippen LogP contribution in [0, 0.1) is 18.2 Å². The lowest BCUT2D eigenvalue weighted by Gasteiger charge is -2.28. The number of benzene rings is 1. The van der Waals surface area contributed by atoms with Crippen molar-refractivity contribution in [1.82, 2.24) is 5.32 Å². The second kappa shape index (κ2) is 7.11. The number of aryl methyl sites for hydroxylation is 2. The van der Waals surface area contributed by atoms with Gasteiger partial charge in [0, 0.05) is 10.6 Å². The van der Waals surface area contributed by atoms with Gasteiger partial charge in [0.25, 0.3) is 0 Å². The van der Waals surface area contributed by atoms with Crippen molar-refractivity contribution in [3.8, 4) is 0 Å². The van der Waals surface area contributed by atoms with E-state index in [0.29, 0.717) is 10.6 Å². The Kier molecular flexibility index (Phi) is 6.24. The van der Waals surface area contributed by atoms with Gasteiger partial charge in [-0.15, -0.1) is 0 Å². The van der Waals surface area contributed by atoms with Crippen LogP contribution in [0.5, 0.6) is 0 Å². The van der Waals surface area contributed by atoms with Crippen molar-refractivity contribution in [2.75, 3.05) is 6.54 Å². The molecule has 0 heterocycles. The molecule has 0 spiro atoms. The van der Waals surface area contributed by atoms with Crippen LogP contribution < -0.4 is 5.32 Å². The summed E-state index contributed by atoms with van der Waals surface area (Å²) in [6.07, 6.45) is 3.05. The summed E-state index contributed by atoms with van der Waals surface area (Å²) >= 11 is 6.14. The van der Waals surface area contributed by atoms with Crippen molar-refractivity contribution in [2.24, 2.45) is 5.41 Å². The van der Waals surface area contributed by atoms with Crippen molar-refractivity contribution >= 4 is 11.6 Å². The Morgan fingerprint density at radius 2 is 1.71 bits per heavy atom. The van der Waals surface area contributed by atoms with E-state index in [0.717, 1.165) is 31.4 Å². The van der Waals surface area contributed by atoms with E-state index in [4.69, 9.17) is 11.6 Å². The first kappa shape index (κ1) is 18.4. The average molecular weight is 314 g/mol. The molecule has 0 aliphatic rings. The number of nitrogens with one attached hydrogen (secondary N) is 1. The van der Waals surface area contributed by atoms with Crippen LogP contribution in [0.15, 0.2) is 12.1 Å². The zero-order valence-corrected chi connectivity index (χ0v) is 15.0. The monoisotopic (exact) mass is 313 g/mol. The van der Waals surface area contributed by atoms with E-state index in [2.05, 4.69) is 39.9 Å². The Morgan fingerprint density at radius 1 is 1.10 bits per heavy atom. The van der Waals surface area contributed by atoms with E-state index in [9.17, 15) is 4.39 Å². The van der Waals surface area contributed by atoms with Crippen LogP contribution in [-0.4, -0.2) is 12.1 Å². The maximum Gasteiger partial charge on any atom is 0.127 e. The molecule has 1 nitrogen and oxygen atoms in total. The molecule has 0 atom stereocenters. The third-order valence-corrected chi connectivity index (χ3v) is 4.21. The lowest BCUT2D eigenvalue weighted by molar-refractivity contribution is 0.284. The summed E-state index contributed by atoms with van der Waals surface area (Å²) < 4.78 is 13.4. The van der Waals surface area contributed by atoms with Gasteiger partial charge < -0.3 is 5.32 Å². The molecule has 120 valence electrons. The van der Waals surface area contributed by atoms with Crippen LogP contribution in [0.1, 0.15) is 58.6 Å². The highest BCUT2D eigenvalue weighted by molar-refractivity contribution is 6.31. The molecule has 21 heavy (non-hydrogen) atoms. The molecule has 1 N–H and O–H groups in total. The smallest absolute Gasteiger partial charge is 0.127 e. The second-order valence-electron chi connectivity index (χ2n) is 7.78. The number of halogens is 2. The maximum atomic E-state index is 13.4. The fourth-order valence-corrected chi connectivity index (χ4v) is 2.53. The Morgan fingerprint density at radius 3 is 2.29 bits per heavy atom. The van der Waals surface area contributed by atoms with Gasteiger partial charge in [0.1, 0.15) is 5.82 Å². The molecule has 1 rings (SSSR count). The van der Waals surface area contributed by atoms with E-state index in [1.54, 1.807) is 6.92 Å². The summed E-state index contributed by atoms with van der Waals surface area (Å²) in [6.45, 7) is 13.9. The SMILES string of the molecule is Cc1cc(CCC(C)(C)CCNC(C)(C)C)c(Cl)cc1F. The number of hydrogen-bond donors (Lipinski definition) is 1. The highest BCUT2D eigenvalue weighted by atomic mass is 35.5. The molecule has 0 aromatic heterocycles. The Labute approximate surface area is 134 Å². The van der Waals surface area contributed by atoms with Crippen LogP contribution in [-0.2, 0) is 6.42 Å². The maximum absolute atomic E-state index is 13.4. The van der Waals surface area contributed by atoms with Gasteiger partial charge in [-0.3, -0.25) is 0 Å². The van der Waals surface area contributed by atoms with Gasteiger partial charge in [-0.05, 0) is 76.1 Å². The Hall–Kier alpha value is -0.600. The summed E-state index contributed by atoms with van der Waals surface area (Å²) in [5.41, 5.74) is 2.12. The van der Waals surface area contributed by atoms with Gasteiger partial charge in [0.05, 0.1) is 0 Å². The molecule has 0 radical (unpaired) electrons. The third-order valence-electron chi connectivity index (χ3n) is 3.86. The zero-order chi connectivity index (χ0) is 16.3. The zero-order valence-electron chi connectivity index (χ0n) is 14.2. The van der Waals surface area contributed by atoms with Gasteiger partial charge >= 0.3 is 0 Å². The largest absolute Gasteiger partial charge is 0.312 e. The van der Waals surface area contributed by atoms with Gasteiger partial charge in [-0.25, -0.2) is 4.39 Å². The highest BCUT2D eigenvalue weighted by Crippen LogP contribution is 2.29. The number of rotatable bonds is 6. The standard InChI is InChI=1S/C18H29ClFN/c1-13-11-14(15(19)12-16(13)20)7-8-18(5,6)9-10-21-17(2,3)4/h11-12,21H,7-10H2,1-6H3. The molecule has 0 saturated heterocycles. The molecule has 0 fully saturated rings. The van der Waals surface area contributed by atoms with Gasteiger partial charge in [-0.2, -0.15) is 0 Å². The molecule has 1 aromatic rings. The van der Waals surface area contributed by atoms with E-state index in [1.807, 2.05) is 6.07 Å². The minimum absolute atomic E-state index is 0.160. The van der Waals surface area contributed by atoms with Crippen molar-refractivity contribution < 1.29 is 4.39 Å². The first-order chi connectivity index (χ1) is 9.50. The summed E-state index contributed by atoms with van der Waals surface area (Å²) in [6, 6.07) is 3.31. The van der Waals surface area contributed by atoms with Gasteiger partial charge in [0.2, 0.25) is 0 Å². The molecule has 1 aromatic carbocycles. The molecule has 0 amide bonds. The number of hydrogen-bond acceptors (Lipinski definition) is 1. The van der Waals surface area contributed by atoms with Gasteiger partial charge in [0.15, 0.2) is 0 Å². The van der Waals surface area contributed by atoms with E-state index in [1.165, 1.54) is 6.07 Å². The van der Waals surface area contributed by atoms with Crippen molar-refractivity contribution in [2.45, 2.75) is 66.3 Å². The summed E-state index contributed by atoms with van der Waals surface area (Å²) in [7, 11) is 0. The van der Waals surface area contributed by atoms with Crippen LogP contribution >= 0.6 is 11.6 Å². The minimum atomic E-state index is -0.225. The Bertz CT molecular complexity index is 475. The van der Waals surface area contributed by atoms with Crippen LogP contribution in [0.4, 0.5) is 4.39 Å². The topological polar surface area (TPSA) is 12.0 Å². The predicted molar refractivity (Wildman–Crippen MR) is 90.6 cm³/mol. The van der Waals surface area contributed by atoms with Crippen molar-refractivity contribution in [1.29, 1.82) is 0 Å². The highest BCUT2D eigenvalue weighted by Gasteiger charge is 2.19. The predicted octanol–water partition coefficient (Wildman–Crippen LogP) is 5.52. The molecule has 0 bridgehead atoms. The van der Waals surface area contributed by atoms with Crippen molar-refractivity contribution in [3.05, 3.63) is 34.1 Å². The summed E-state index contributed by atoms with van der Waals surface area (Å²) in [5, 5.41) is 4.07. The van der Waals surface area contributed by atoms with Crippen LogP contribution in [0.3, 0.4) is 0 Å². The minimum Gasteiger partial charge on any atom is -0.312 e. The average Bonchev–Trinajstić information content (AvgIpc) is 2.30. The molecular weight excluding hydrogens is 285 g/mol. The molecule has 0 aliphatic carbocycles. The molecule has 0 saturated carbocycles. The van der Waals surface area contributed by atoms with Crippen molar-refractivity contribution in [3.63, 3.8) is 0 Å². The third kappa shape index (κ3) is 6.80. The normalized spacial score (nSPS) is 12.8. The molecular formula is C18H29ClFN. The van der Waals surface area contributed by atoms with Gasteiger partial charge in [-0.1, -0.05) is 31.5 Å². The summed E-state index contributed by atoms with van der Waals surface area (Å²) in [4.78, 5) is 0. The fourth-order valence-electron chi connectivity index (χ4n) is 2.28. The van der Waals surface area contributed by atoms with E-state index in [-0.39, 0.29) is 16.8 Å². The second-order valence-corrected chi connectivity index (χ2v) is 8.19.